The van der Waals surface area contributed by atoms with Gasteiger partial charge in [-0.1, -0.05) is 84.0 Å². The fraction of sp³-hybridized carbons (Fsp3) is 1.00. The lowest BCUT2D eigenvalue weighted by Crippen LogP contribution is -2.44. The SMILES string of the molecule is CCCCCCCCCCCCCCCS(=O)(=O)NC(C)CCC[N+](C)(CC)CC. The monoisotopic (exact) mass is 447 g/mol. The van der Waals surface area contributed by atoms with Crippen molar-refractivity contribution in [2.75, 3.05) is 32.4 Å². The number of unbranched alkanes of at least 4 members (excludes halogenated alkanes) is 12. The molecule has 0 aliphatic carbocycles. The van der Waals surface area contributed by atoms with Gasteiger partial charge in [-0.2, -0.15) is 0 Å². The van der Waals surface area contributed by atoms with Crippen molar-refractivity contribution < 1.29 is 12.9 Å². The Morgan fingerprint density at radius 2 is 1.13 bits per heavy atom. The molecule has 0 radical (unpaired) electrons. The standard InChI is InChI=1S/C25H55N2O2S/c1-6-9-10-11-12-13-14-15-16-17-18-19-20-24-30(28,29)26-25(4)22-21-23-27(5,7-2)8-3/h25-26H,6-24H2,1-5H3/q+1. The molecule has 30 heavy (non-hydrogen) atoms. The molecule has 0 aromatic carbocycles. The van der Waals surface area contributed by atoms with Crippen molar-refractivity contribution in [2.45, 2.75) is 130 Å². The Labute approximate surface area is 190 Å². The lowest BCUT2D eigenvalue weighted by atomic mass is 10.1. The summed E-state index contributed by atoms with van der Waals surface area (Å²) < 4.78 is 28.6. The fourth-order valence-corrected chi connectivity index (χ4v) is 5.49. The molecule has 1 N–H and O–H groups in total. The van der Waals surface area contributed by atoms with Gasteiger partial charge in [-0.15, -0.1) is 0 Å². The van der Waals surface area contributed by atoms with E-state index in [1.54, 1.807) is 0 Å². The van der Waals surface area contributed by atoms with Crippen LogP contribution in [0.4, 0.5) is 0 Å². The minimum absolute atomic E-state index is 0.0409. The van der Waals surface area contributed by atoms with Gasteiger partial charge in [-0.25, -0.2) is 13.1 Å². The van der Waals surface area contributed by atoms with Crippen LogP contribution in [0.2, 0.25) is 0 Å². The van der Waals surface area contributed by atoms with Crippen LogP contribution in [0.25, 0.3) is 0 Å². The summed E-state index contributed by atoms with van der Waals surface area (Å²) in [5.41, 5.74) is 0. The largest absolute Gasteiger partial charge is 0.327 e. The first-order valence-corrected chi connectivity index (χ1v) is 14.8. The van der Waals surface area contributed by atoms with Gasteiger partial charge in [0.15, 0.2) is 0 Å². The molecule has 0 aromatic rings. The molecule has 0 saturated heterocycles. The zero-order chi connectivity index (χ0) is 22.7. The molecule has 0 aliphatic heterocycles. The number of rotatable bonds is 22. The van der Waals surface area contributed by atoms with Crippen LogP contribution in [0.3, 0.4) is 0 Å². The number of nitrogens with one attached hydrogen (secondary N) is 1. The summed E-state index contributed by atoms with van der Waals surface area (Å²) in [5.74, 6) is 0.285. The molecule has 4 nitrogen and oxygen atoms in total. The van der Waals surface area contributed by atoms with E-state index in [4.69, 9.17) is 0 Å². The van der Waals surface area contributed by atoms with E-state index in [2.05, 4.69) is 32.5 Å². The maximum Gasteiger partial charge on any atom is 0.211 e. The van der Waals surface area contributed by atoms with E-state index in [1.165, 1.54) is 70.6 Å². The molecule has 0 aromatic heterocycles. The smallest absolute Gasteiger partial charge is 0.211 e. The van der Waals surface area contributed by atoms with Gasteiger partial charge in [0.1, 0.15) is 0 Å². The molecule has 0 heterocycles. The maximum absolute atomic E-state index is 12.3. The van der Waals surface area contributed by atoms with Crippen molar-refractivity contribution in [3.05, 3.63) is 0 Å². The van der Waals surface area contributed by atoms with Crippen molar-refractivity contribution in [3.8, 4) is 0 Å². The lowest BCUT2D eigenvalue weighted by molar-refractivity contribution is -0.906. The van der Waals surface area contributed by atoms with E-state index in [-0.39, 0.29) is 11.8 Å². The van der Waals surface area contributed by atoms with Crippen LogP contribution in [0.5, 0.6) is 0 Å². The average Bonchev–Trinajstić information content (AvgIpc) is 2.70. The molecule has 0 aliphatic rings. The number of hydrogen-bond donors (Lipinski definition) is 1. The molecular formula is C25H55N2O2S+. The Morgan fingerprint density at radius 1 is 0.700 bits per heavy atom. The second-order valence-electron chi connectivity index (χ2n) is 9.70. The van der Waals surface area contributed by atoms with E-state index in [0.29, 0.717) is 0 Å². The number of quaternary nitrogens is 1. The molecule has 1 unspecified atom stereocenters. The average molecular weight is 448 g/mol. The van der Waals surface area contributed by atoms with Crippen molar-refractivity contribution in [1.82, 2.24) is 4.72 Å². The van der Waals surface area contributed by atoms with Gasteiger partial charge in [0, 0.05) is 6.04 Å². The second-order valence-corrected chi connectivity index (χ2v) is 11.6. The lowest BCUT2D eigenvalue weighted by Gasteiger charge is -2.32. The van der Waals surface area contributed by atoms with E-state index >= 15 is 0 Å². The summed E-state index contributed by atoms with van der Waals surface area (Å²) in [6.45, 7) is 12.1. The normalized spacial score (nSPS) is 13.6. The minimum atomic E-state index is -3.13. The summed E-state index contributed by atoms with van der Waals surface area (Å²) in [6.07, 6.45) is 18.6. The molecule has 0 rings (SSSR count). The first-order chi connectivity index (χ1) is 14.3. The summed E-state index contributed by atoms with van der Waals surface area (Å²) in [6, 6.07) is 0.0409. The summed E-state index contributed by atoms with van der Waals surface area (Å²) in [4.78, 5) is 0. The quantitative estimate of drug-likeness (QED) is 0.149. The minimum Gasteiger partial charge on any atom is -0.327 e. The van der Waals surface area contributed by atoms with Crippen LogP contribution in [0.15, 0.2) is 0 Å². The Kier molecular flexibility index (Phi) is 18.4. The molecule has 0 saturated carbocycles. The molecular weight excluding hydrogens is 392 g/mol. The van der Waals surface area contributed by atoms with Crippen LogP contribution in [-0.2, 0) is 10.0 Å². The Morgan fingerprint density at radius 3 is 1.57 bits per heavy atom. The first-order valence-electron chi connectivity index (χ1n) is 13.1. The van der Waals surface area contributed by atoms with Gasteiger partial charge in [0.05, 0.1) is 32.4 Å². The third-order valence-electron chi connectivity index (χ3n) is 6.76. The predicted octanol–water partition coefficient (Wildman–Crippen LogP) is 6.65. The van der Waals surface area contributed by atoms with Crippen LogP contribution < -0.4 is 4.72 Å². The zero-order valence-corrected chi connectivity index (χ0v) is 22.0. The van der Waals surface area contributed by atoms with Gasteiger partial charge in [0.25, 0.3) is 0 Å². The van der Waals surface area contributed by atoms with E-state index in [0.717, 1.165) is 49.8 Å². The van der Waals surface area contributed by atoms with Gasteiger partial charge in [-0.3, -0.25) is 0 Å². The van der Waals surface area contributed by atoms with Crippen molar-refractivity contribution in [1.29, 1.82) is 0 Å². The summed E-state index contributed by atoms with van der Waals surface area (Å²) in [7, 11) is -0.846. The molecule has 0 bridgehead atoms. The highest BCUT2D eigenvalue weighted by Crippen LogP contribution is 2.13. The summed E-state index contributed by atoms with van der Waals surface area (Å²) >= 11 is 0. The molecule has 0 spiro atoms. The highest BCUT2D eigenvalue weighted by molar-refractivity contribution is 7.89. The molecule has 0 fully saturated rings. The van der Waals surface area contributed by atoms with E-state index < -0.39 is 10.0 Å². The second kappa shape index (κ2) is 18.4. The topological polar surface area (TPSA) is 46.2 Å². The summed E-state index contributed by atoms with van der Waals surface area (Å²) in [5, 5.41) is 0. The van der Waals surface area contributed by atoms with E-state index in [1.807, 2.05) is 6.92 Å². The highest BCUT2D eigenvalue weighted by Gasteiger charge is 2.18. The fourth-order valence-electron chi connectivity index (χ4n) is 4.05. The third kappa shape index (κ3) is 17.5. The first kappa shape index (κ1) is 29.9. The Balaban J connectivity index is 3.64. The number of sulfonamides is 1. The third-order valence-corrected chi connectivity index (χ3v) is 8.35. The molecule has 5 heteroatoms. The Bertz CT molecular complexity index is 476. The predicted molar refractivity (Wildman–Crippen MR) is 133 cm³/mol. The van der Waals surface area contributed by atoms with Crippen LogP contribution in [0, 0.1) is 0 Å². The molecule has 182 valence electrons. The number of nitrogens with zero attached hydrogens (tertiary/aromatic N) is 1. The number of hydrogen-bond acceptors (Lipinski definition) is 2. The highest BCUT2D eigenvalue weighted by atomic mass is 32.2. The van der Waals surface area contributed by atoms with Crippen molar-refractivity contribution >= 4 is 10.0 Å². The van der Waals surface area contributed by atoms with Gasteiger partial charge >= 0.3 is 0 Å². The van der Waals surface area contributed by atoms with Crippen molar-refractivity contribution in [2.24, 2.45) is 0 Å². The van der Waals surface area contributed by atoms with Gasteiger partial charge in [-0.05, 0) is 40.0 Å². The molecule has 1 atom stereocenters. The zero-order valence-electron chi connectivity index (χ0n) is 21.2. The van der Waals surface area contributed by atoms with Crippen LogP contribution in [0.1, 0.15) is 124 Å². The van der Waals surface area contributed by atoms with Crippen LogP contribution >= 0.6 is 0 Å². The van der Waals surface area contributed by atoms with Crippen LogP contribution in [-0.4, -0.2) is 51.4 Å². The molecule has 0 amide bonds. The van der Waals surface area contributed by atoms with Crippen molar-refractivity contribution in [3.63, 3.8) is 0 Å². The Hall–Kier alpha value is -0.130. The maximum atomic E-state index is 12.3. The van der Waals surface area contributed by atoms with Gasteiger partial charge < -0.3 is 4.48 Å². The van der Waals surface area contributed by atoms with E-state index in [9.17, 15) is 8.42 Å². The van der Waals surface area contributed by atoms with Gasteiger partial charge in [0.2, 0.25) is 10.0 Å².